The zero-order valence-electron chi connectivity index (χ0n) is 14.3. The van der Waals surface area contributed by atoms with Crippen molar-refractivity contribution in [2.45, 2.75) is 24.8 Å². The van der Waals surface area contributed by atoms with E-state index in [0.717, 1.165) is 23.3 Å². The summed E-state index contributed by atoms with van der Waals surface area (Å²) >= 11 is 1.13. The molecule has 0 amide bonds. The number of hydrogen-bond donors (Lipinski definition) is 1. The third-order valence-electron chi connectivity index (χ3n) is 4.02. The quantitative estimate of drug-likeness (QED) is 0.721. The lowest BCUT2D eigenvalue weighted by Crippen LogP contribution is -2.37. The van der Waals surface area contributed by atoms with Gasteiger partial charge < -0.3 is 9.64 Å². The molecule has 0 spiro atoms. The van der Waals surface area contributed by atoms with Crippen molar-refractivity contribution in [3.8, 4) is 0 Å². The van der Waals surface area contributed by atoms with Crippen LogP contribution in [-0.2, 0) is 21.2 Å². The number of benzene rings is 1. The Morgan fingerprint density at radius 1 is 1.41 bits per heavy atom. The molecule has 0 bridgehead atoms. The van der Waals surface area contributed by atoms with Gasteiger partial charge in [0, 0.05) is 19.8 Å². The fraction of sp³-hybridized carbons (Fsp3) is 0.429. The molecule has 0 aliphatic carbocycles. The summed E-state index contributed by atoms with van der Waals surface area (Å²) in [6, 6.07) is 3.07. The maximum atomic E-state index is 12.8. The number of halogens is 2. The lowest BCUT2D eigenvalue weighted by Gasteiger charge is -2.35. The Labute approximate surface area is 158 Å². The first-order chi connectivity index (χ1) is 12.8. The lowest BCUT2D eigenvalue weighted by atomic mass is 9.99. The highest BCUT2D eigenvalue weighted by atomic mass is 32.2. The maximum Gasteiger partial charge on any atom is 0.355 e. The average Bonchev–Trinajstić information content (AvgIpc) is 3.14. The van der Waals surface area contributed by atoms with E-state index in [1.807, 2.05) is 9.62 Å². The van der Waals surface area contributed by atoms with Crippen LogP contribution in [0.15, 0.2) is 27.9 Å². The van der Waals surface area contributed by atoms with Crippen LogP contribution in [0.5, 0.6) is 0 Å². The van der Waals surface area contributed by atoms with Gasteiger partial charge in [0.1, 0.15) is 17.4 Å². The first kappa shape index (κ1) is 19.5. The molecule has 2 aromatic rings. The number of methoxy groups -OCH3 is 1. The molecule has 27 heavy (non-hydrogen) atoms. The number of ether oxygens (including phenoxy) is 1. The van der Waals surface area contributed by atoms with Crippen molar-refractivity contribution in [1.29, 1.82) is 0 Å². The molecule has 1 N–H and O–H groups in total. The fourth-order valence-corrected chi connectivity index (χ4v) is 3.65. The molecule has 1 aromatic carbocycles. The van der Waals surface area contributed by atoms with Gasteiger partial charge in [0.15, 0.2) is 0 Å². The van der Waals surface area contributed by atoms with Gasteiger partial charge >= 0.3 is 5.76 Å². The molecule has 0 saturated carbocycles. The van der Waals surface area contributed by atoms with Gasteiger partial charge in [-0.15, -0.1) is 20.4 Å². The van der Waals surface area contributed by atoms with Crippen LogP contribution in [0.3, 0.4) is 0 Å². The zero-order chi connectivity index (χ0) is 19.6. The van der Waals surface area contributed by atoms with Gasteiger partial charge in [-0.3, -0.25) is 4.72 Å². The van der Waals surface area contributed by atoms with Crippen molar-refractivity contribution in [2.24, 2.45) is 10.2 Å². The molecular weight excluding hydrogens is 402 g/mol. The molecule has 0 radical (unpaired) electrons. The van der Waals surface area contributed by atoms with Crippen LogP contribution in [-0.4, -0.2) is 44.8 Å². The molecule has 3 rings (SSSR count). The summed E-state index contributed by atoms with van der Waals surface area (Å²) in [4.78, 5) is 1.81. The molecule has 9 nitrogen and oxygen atoms in total. The van der Waals surface area contributed by atoms with Crippen LogP contribution in [0, 0.1) is 0 Å². The number of nitrogens with one attached hydrogen (secondary N) is 1. The molecule has 13 heteroatoms. The van der Waals surface area contributed by atoms with E-state index in [4.69, 9.17) is 4.74 Å². The Morgan fingerprint density at radius 3 is 2.81 bits per heavy atom. The zero-order valence-corrected chi connectivity index (χ0v) is 16.0. The molecule has 1 aromatic heterocycles. The van der Waals surface area contributed by atoms with Gasteiger partial charge in [-0.25, -0.2) is 8.42 Å². The minimum absolute atomic E-state index is 0.106. The summed E-state index contributed by atoms with van der Waals surface area (Å²) in [7, 11) is -1.52. The van der Waals surface area contributed by atoms with Crippen LogP contribution in [0.2, 0.25) is 0 Å². The van der Waals surface area contributed by atoms with Gasteiger partial charge in [0.05, 0.1) is 5.69 Å². The van der Waals surface area contributed by atoms with Gasteiger partial charge in [0.25, 0.3) is 15.2 Å². The van der Waals surface area contributed by atoms with Gasteiger partial charge in [-0.2, -0.15) is 8.78 Å². The normalized spacial score (nSPS) is 17.5. The van der Waals surface area contributed by atoms with E-state index >= 15 is 0 Å². The Bertz CT molecular complexity index is 937. The van der Waals surface area contributed by atoms with E-state index in [9.17, 15) is 17.2 Å². The molecule has 0 fully saturated rings. The maximum absolute atomic E-state index is 12.8. The molecule has 1 unspecified atom stereocenters. The minimum atomic E-state index is -4.87. The molecule has 1 atom stereocenters. The highest BCUT2D eigenvalue weighted by Crippen LogP contribution is 2.39. The first-order valence-corrected chi connectivity index (χ1v) is 10.1. The standard InChI is InChI=1S/C14H16F2N6O3S2/c1-22-11-6-10(21-27(23,24)13(15)16)9(18-20-14-19-17-7-26-14)5-8(11)3-4-12(22)25-2/h5-7,12-13,21H,3-4H2,1-2H3. The largest absolute Gasteiger partial charge is 0.362 e. The highest BCUT2D eigenvalue weighted by molar-refractivity contribution is 7.93. The summed E-state index contributed by atoms with van der Waals surface area (Å²) in [6.07, 6.45) is 1.17. The summed E-state index contributed by atoms with van der Waals surface area (Å²) < 4.78 is 56.2. The van der Waals surface area contributed by atoms with Crippen molar-refractivity contribution >= 4 is 43.6 Å². The summed E-state index contributed by atoms with van der Waals surface area (Å²) in [5, 5.41) is 15.4. The second-order valence-electron chi connectivity index (χ2n) is 5.67. The van der Waals surface area contributed by atoms with Crippen LogP contribution >= 0.6 is 11.3 Å². The van der Waals surface area contributed by atoms with E-state index in [0.29, 0.717) is 12.1 Å². The monoisotopic (exact) mass is 418 g/mol. The van der Waals surface area contributed by atoms with E-state index in [1.54, 1.807) is 20.2 Å². The third-order valence-corrected chi connectivity index (χ3v) is 5.57. The van der Waals surface area contributed by atoms with Gasteiger partial charge in [0.2, 0.25) is 0 Å². The Hall–Kier alpha value is -2.25. The fourth-order valence-electron chi connectivity index (χ4n) is 2.72. The molecule has 1 aliphatic rings. The Balaban J connectivity index is 2.05. The van der Waals surface area contributed by atoms with Crippen LogP contribution in [0.4, 0.5) is 31.0 Å². The minimum Gasteiger partial charge on any atom is -0.362 e. The number of anilines is 2. The highest BCUT2D eigenvalue weighted by Gasteiger charge is 2.28. The van der Waals surface area contributed by atoms with Crippen LogP contribution in [0.25, 0.3) is 0 Å². The summed E-state index contributed by atoms with van der Waals surface area (Å²) in [6.45, 7) is 0. The average molecular weight is 418 g/mol. The first-order valence-electron chi connectivity index (χ1n) is 7.72. The predicted molar refractivity (Wildman–Crippen MR) is 96.6 cm³/mol. The van der Waals surface area contributed by atoms with Gasteiger partial charge in [-0.05, 0) is 30.5 Å². The van der Waals surface area contributed by atoms with Crippen molar-refractivity contribution in [3.05, 3.63) is 23.2 Å². The SMILES string of the molecule is COC1CCc2cc(N=Nc3nncs3)c(NS(=O)(=O)C(F)F)cc2N1C. The van der Waals surface area contributed by atoms with Crippen LogP contribution in [0.1, 0.15) is 12.0 Å². The summed E-state index contributed by atoms with van der Waals surface area (Å²) in [5.41, 5.74) is 3.00. The molecule has 146 valence electrons. The smallest absolute Gasteiger partial charge is 0.355 e. The molecule has 0 saturated heterocycles. The number of aromatic nitrogens is 2. The van der Waals surface area contributed by atoms with E-state index in [-0.39, 0.29) is 22.7 Å². The van der Waals surface area contributed by atoms with Crippen molar-refractivity contribution in [3.63, 3.8) is 0 Å². The number of sulfonamides is 1. The number of hydrogen-bond acceptors (Lipinski definition) is 9. The number of alkyl halides is 2. The van der Waals surface area contributed by atoms with E-state index < -0.39 is 15.8 Å². The number of azo groups is 1. The van der Waals surface area contributed by atoms with Crippen molar-refractivity contribution < 1.29 is 21.9 Å². The second kappa shape index (κ2) is 7.78. The number of rotatable bonds is 6. The lowest BCUT2D eigenvalue weighted by molar-refractivity contribution is 0.0924. The van der Waals surface area contributed by atoms with Crippen molar-refractivity contribution in [2.75, 3.05) is 23.8 Å². The number of nitrogens with zero attached hydrogens (tertiary/aromatic N) is 5. The predicted octanol–water partition coefficient (Wildman–Crippen LogP) is 3.27. The molecular formula is C14H16F2N6O3S2. The van der Waals surface area contributed by atoms with E-state index in [1.165, 1.54) is 11.6 Å². The number of fused-ring (bicyclic) bond motifs is 1. The topological polar surface area (TPSA) is 109 Å². The number of aryl methyl sites for hydroxylation is 1. The second-order valence-corrected chi connectivity index (χ2v) is 8.13. The Morgan fingerprint density at radius 2 is 2.19 bits per heavy atom. The van der Waals surface area contributed by atoms with E-state index in [2.05, 4.69) is 20.4 Å². The third kappa shape index (κ3) is 4.20. The molecule has 1 aliphatic heterocycles. The summed E-state index contributed by atoms with van der Waals surface area (Å²) in [5.74, 6) is -3.58. The van der Waals surface area contributed by atoms with Crippen LogP contribution < -0.4 is 9.62 Å². The van der Waals surface area contributed by atoms with Gasteiger partial charge in [-0.1, -0.05) is 11.3 Å². The van der Waals surface area contributed by atoms with Crippen molar-refractivity contribution in [1.82, 2.24) is 10.2 Å². The molecule has 2 heterocycles. The Kier molecular flexibility index (Phi) is 5.62.